The molecule has 0 aliphatic carbocycles. The highest BCUT2D eigenvalue weighted by molar-refractivity contribution is 6.35. The molecule has 1 aromatic rings. The number of ether oxygens (including phenoxy) is 1. The van der Waals surface area contributed by atoms with Crippen molar-refractivity contribution in [2.45, 2.75) is 39.2 Å². The number of imide groups is 1. The van der Waals surface area contributed by atoms with E-state index in [4.69, 9.17) is 4.74 Å². The monoisotopic (exact) mass is 342 g/mol. The lowest BCUT2D eigenvalue weighted by molar-refractivity contribution is -0.137. The van der Waals surface area contributed by atoms with Crippen molar-refractivity contribution in [3.05, 3.63) is 41.6 Å². The van der Waals surface area contributed by atoms with Gasteiger partial charge in [-0.25, -0.2) is 0 Å². The van der Waals surface area contributed by atoms with Crippen LogP contribution in [-0.2, 0) is 14.3 Å². The lowest BCUT2D eigenvalue weighted by Crippen LogP contribution is -2.35. The first kappa shape index (κ1) is 17.7. The number of hydrogen-bond acceptors (Lipinski definition) is 4. The first-order valence-electron chi connectivity index (χ1n) is 9.12. The van der Waals surface area contributed by atoms with Gasteiger partial charge in [0.1, 0.15) is 5.70 Å². The minimum atomic E-state index is -0.178. The summed E-state index contributed by atoms with van der Waals surface area (Å²) in [7, 11) is 0. The van der Waals surface area contributed by atoms with Crippen LogP contribution in [-0.4, -0.2) is 54.0 Å². The molecule has 5 heteroatoms. The molecule has 0 saturated carbocycles. The summed E-state index contributed by atoms with van der Waals surface area (Å²) >= 11 is 0. The van der Waals surface area contributed by atoms with Gasteiger partial charge in [-0.15, -0.1) is 0 Å². The van der Waals surface area contributed by atoms with Gasteiger partial charge in [0.25, 0.3) is 11.8 Å². The van der Waals surface area contributed by atoms with Gasteiger partial charge in [-0.05, 0) is 38.7 Å². The van der Waals surface area contributed by atoms with Crippen LogP contribution in [0.15, 0.2) is 36.0 Å². The van der Waals surface area contributed by atoms with E-state index in [1.165, 1.54) is 4.90 Å². The Morgan fingerprint density at radius 1 is 1.04 bits per heavy atom. The van der Waals surface area contributed by atoms with E-state index in [1.54, 1.807) is 0 Å². The van der Waals surface area contributed by atoms with E-state index in [-0.39, 0.29) is 17.9 Å². The first-order valence-corrected chi connectivity index (χ1v) is 9.12. The molecule has 2 heterocycles. The number of hydrogen-bond donors (Lipinski definition) is 0. The summed E-state index contributed by atoms with van der Waals surface area (Å²) in [6.45, 7) is 6.59. The Hall–Kier alpha value is -2.14. The Morgan fingerprint density at radius 3 is 2.36 bits per heavy atom. The van der Waals surface area contributed by atoms with Crippen LogP contribution in [0.2, 0.25) is 0 Å². The molecule has 2 aliphatic rings. The Kier molecular flexibility index (Phi) is 5.53. The SMILES string of the molecule is CC(C)OCCCN1C(=O)C(c2ccccc2)=C(N2CCCC2)C1=O. The predicted molar refractivity (Wildman–Crippen MR) is 96.6 cm³/mol. The lowest BCUT2D eigenvalue weighted by Gasteiger charge is -2.20. The second-order valence-corrected chi connectivity index (χ2v) is 6.82. The molecular formula is C20H26N2O3. The number of carbonyl (C=O) groups is 2. The zero-order valence-corrected chi connectivity index (χ0v) is 15.0. The van der Waals surface area contributed by atoms with E-state index >= 15 is 0 Å². The zero-order valence-electron chi connectivity index (χ0n) is 15.0. The molecule has 2 aliphatic heterocycles. The smallest absolute Gasteiger partial charge is 0.277 e. The Morgan fingerprint density at radius 2 is 1.72 bits per heavy atom. The van der Waals surface area contributed by atoms with Gasteiger partial charge in [0, 0.05) is 26.2 Å². The normalized spacial score (nSPS) is 18.2. The van der Waals surface area contributed by atoms with Gasteiger partial charge in [-0.1, -0.05) is 30.3 Å². The maximum Gasteiger partial charge on any atom is 0.277 e. The predicted octanol–water partition coefficient (Wildman–Crippen LogP) is 2.68. The van der Waals surface area contributed by atoms with Crippen LogP contribution in [0.4, 0.5) is 0 Å². The van der Waals surface area contributed by atoms with Crippen molar-refractivity contribution in [2.24, 2.45) is 0 Å². The van der Waals surface area contributed by atoms with Gasteiger partial charge in [0.05, 0.1) is 11.7 Å². The molecule has 2 amide bonds. The number of amides is 2. The number of benzene rings is 1. The molecular weight excluding hydrogens is 316 g/mol. The minimum Gasteiger partial charge on any atom is -0.379 e. The van der Waals surface area contributed by atoms with Crippen LogP contribution < -0.4 is 0 Å². The van der Waals surface area contributed by atoms with Crippen molar-refractivity contribution in [3.63, 3.8) is 0 Å². The molecule has 0 bridgehead atoms. The molecule has 0 atom stereocenters. The van der Waals surface area contributed by atoms with E-state index < -0.39 is 0 Å². The van der Waals surface area contributed by atoms with E-state index in [0.29, 0.717) is 30.8 Å². The number of carbonyl (C=O) groups excluding carboxylic acids is 2. The fraction of sp³-hybridized carbons (Fsp3) is 0.500. The van der Waals surface area contributed by atoms with E-state index in [1.807, 2.05) is 44.2 Å². The van der Waals surface area contributed by atoms with Crippen molar-refractivity contribution >= 4 is 17.4 Å². The van der Waals surface area contributed by atoms with Gasteiger partial charge in [0.2, 0.25) is 0 Å². The van der Waals surface area contributed by atoms with Crippen LogP contribution in [0.1, 0.15) is 38.7 Å². The molecule has 5 nitrogen and oxygen atoms in total. The molecule has 25 heavy (non-hydrogen) atoms. The molecule has 3 rings (SSSR count). The van der Waals surface area contributed by atoms with Crippen LogP contribution in [0, 0.1) is 0 Å². The van der Waals surface area contributed by atoms with Crippen LogP contribution >= 0.6 is 0 Å². The molecule has 0 spiro atoms. The summed E-state index contributed by atoms with van der Waals surface area (Å²) in [6.07, 6.45) is 2.94. The second-order valence-electron chi connectivity index (χ2n) is 6.82. The zero-order chi connectivity index (χ0) is 17.8. The van der Waals surface area contributed by atoms with Crippen molar-refractivity contribution in [1.82, 2.24) is 9.80 Å². The molecule has 1 saturated heterocycles. The average molecular weight is 342 g/mol. The first-order chi connectivity index (χ1) is 12.1. The summed E-state index contributed by atoms with van der Waals surface area (Å²) < 4.78 is 5.54. The van der Waals surface area contributed by atoms with Gasteiger partial charge in [0.15, 0.2) is 0 Å². The Balaban J connectivity index is 1.83. The van der Waals surface area contributed by atoms with Gasteiger partial charge >= 0.3 is 0 Å². The minimum absolute atomic E-state index is 0.156. The highest BCUT2D eigenvalue weighted by atomic mass is 16.5. The lowest BCUT2D eigenvalue weighted by atomic mass is 10.0. The van der Waals surface area contributed by atoms with Crippen LogP contribution in [0.3, 0.4) is 0 Å². The topological polar surface area (TPSA) is 49.9 Å². The van der Waals surface area contributed by atoms with Gasteiger partial charge in [-0.2, -0.15) is 0 Å². The fourth-order valence-electron chi connectivity index (χ4n) is 3.41. The summed E-state index contributed by atoms with van der Waals surface area (Å²) in [5, 5.41) is 0. The van der Waals surface area contributed by atoms with Crippen LogP contribution in [0.5, 0.6) is 0 Å². The molecule has 0 unspecified atom stereocenters. The molecule has 0 aromatic heterocycles. The molecule has 1 fully saturated rings. The third kappa shape index (κ3) is 3.76. The highest BCUT2D eigenvalue weighted by Gasteiger charge is 2.41. The second kappa shape index (κ2) is 7.83. The summed E-state index contributed by atoms with van der Waals surface area (Å²) in [6, 6.07) is 9.54. The van der Waals surface area contributed by atoms with Crippen molar-refractivity contribution in [3.8, 4) is 0 Å². The van der Waals surface area contributed by atoms with E-state index in [0.717, 1.165) is 31.5 Å². The van der Waals surface area contributed by atoms with Crippen LogP contribution in [0.25, 0.3) is 5.57 Å². The maximum absolute atomic E-state index is 13.0. The third-order valence-electron chi connectivity index (χ3n) is 4.61. The third-order valence-corrected chi connectivity index (χ3v) is 4.61. The van der Waals surface area contributed by atoms with Crippen molar-refractivity contribution in [1.29, 1.82) is 0 Å². The molecule has 0 N–H and O–H groups in total. The quantitative estimate of drug-likeness (QED) is 0.565. The Labute approximate surface area is 149 Å². The molecule has 134 valence electrons. The summed E-state index contributed by atoms with van der Waals surface area (Å²) in [5.41, 5.74) is 1.96. The maximum atomic E-state index is 13.0. The summed E-state index contributed by atoms with van der Waals surface area (Å²) in [4.78, 5) is 29.4. The number of likely N-dealkylation sites (tertiary alicyclic amines) is 1. The van der Waals surface area contributed by atoms with E-state index in [2.05, 4.69) is 4.90 Å². The van der Waals surface area contributed by atoms with Crippen molar-refractivity contribution in [2.75, 3.05) is 26.2 Å². The summed E-state index contributed by atoms with van der Waals surface area (Å²) in [5.74, 6) is -0.335. The van der Waals surface area contributed by atoms with Crippen molar-refractivity contribution < 1.29 is 14.3 Å². The Bertz CT molecular complexity index is 661. The number of nitrogens with zero attached hydrogens (tertiary/aromatic N) is 2. The molecule has 1 aromatic carbocycles. The van der Waals surface area contributed by atoms with Gasteiger partial charge in [-0.3, -0.25) is 14.5 Å². The molecule has 0 radical (unpaired) electrons. The standard InChI is InChI=1S/C20H26N2O3/c1-15(2)25-14-8-13-22-19(23)17(16-9-4-3-5-10-16)18(20(22)24)21-11-6-7-12-21/h3-5,9-10,15H,6-8,11-14H2,1-2H3. The van der Waals surface area contributed by atoms with Gasteiger partial charge < -0.3 is 9.64 Å². The van der Waals surface area contributed by atoms with E-state index in [9.17, 15) is 9.59 Å². The average Bonchev–Trinajstić information content (AvgIpc) is 3.20. The highest BCUT2D eigenvalue weighted by Crippen LogP contribution is 2.33. The number of rotatable bonds is 7. The largest absolute Gasteiger partial charge is 0.379 e. The fourth-order valence-corrected chi connectivity index (χ4v) is 3.41.